The van der Waals surface area contributed by atoms with Crippen molar-refractivity contribution in [2.24, 2.45) is 5.73 Å². The summed E-state index contributed by atoms with van der Waals surface area (Å²) in [4.78, 5) is 14.7. The third kappa shape index (κ3) is 3.34. The van der Waals surface area contributed by atoms with Crippen molar-refractivity contribution in [2.45, 2.75) is 12.5 Å². The van der Waals surface area contributed by atoms with Crippen LogP contribution in [0.2, 0.25) is 0 Å². The predicted octanol–water partition coefficient (Wildman–Crippen LogP) is 1.81. The number of imidazole rings is 1. The molecule has 26 heavy (non-hydrogen) atoms. The minimum absolute atomic E-state index is 0.266. The van der Waals surface area contributed by atoms with Crippen molar-refractivity contribution in [1.82, 2.24) is 19.5 Å². The number of benzene rings is 1. The molecule has 0 unspecified atom stereocenters. The Kier molecular flexibility index (Phi) is 4.21. The van der Waals surface area contributed by atoms with E-state index in [2.05, 4.69) is 49.4 Å². The lowest BCUT2D eigenvalue weighted by molar-refractivity contribution is 0.752. The quantitative estimate of drug-likeness (QED) is 0.741. The van der Waals surface area contributed by atoms with Gasteiger partial charge >= 0.3 is 0 Å². The second-order valence-electron chi connectivity index (χ2n) is 6.20. The molecule has 0 radical (unpaired) electrons. The molecule has 1 aliphatic rings. The van der Waals surface area contributed by atoms with Gasteiger partial charge in [-0.25, -0.2) is 15.0 Å². The molecule has 3 heterocycles. The number of nitriles is 1. The predicted molar refractivity (Wildman–Crippen MR) is 98.4 cm³/mol. The fourth-order valence-electron chi connectivity index (χ4n) is 2.97. The summed E-state index contributed by atoms with van der Waals surface area (Å²) in [5, 5.41) is 11.8. The maximum absolute atomic E-state index is 8.75. The summed E-state index contributed by atoms with van der Waals surface area (Å²) in [5.74, 6) is 1.19. The first kappa shape index (κ1) is 16.1. The van der Waals surface area contributed by atoms with Crippen LogP contribution in [0.1, 0.15) is 12.1 Å². The van der Waals surface area contributed by atoms with E-state index in [1.807, 2.05) is 16.8 Å². The minimum Gasteiger partial charge on any atom is -0.370 e. The second-order valence-corrected chi connectivity index (χ2v) is 6.20. The van der Waals surface area contributed by atoms with Gasteiger partial charge in [0.1, 0.15) is 24.0 Å². The number of nitrogens with zero attached hydrogens (tertiary/aromatic N) is 6. The molecule has 130 valence electrons. The Morgan fingerprint density at radius 3 is 2.54 bits per heavy atom. The Morgan fingerprint density at radius 1 is 1.08 bits per heavy atom. The van der Waals surface area contributed by atoms with Crippen LogP contribution < -0.4 is 16.0 Å². The van der Waals surface area contributed by atoms with Crippen molar-refractivity contribution in [3.63, 3.8) is 0 Å². The zero-order valence-electron chi connectivity index (χ0n) is 14.1. The van der Waals surface area contributed by atoms with E-state index in [0.29, 0.717) is 11.6 Å². The number of anilines is 3. The van der Waals surface area contributed by atoms with Gasteiger partial charge in [0.25, 0.3) is 0 Å². The van der Waals surface area contributed by atoms with Crippen molar-refractivity contribution in [1.29, 1.82) is 5.26 Å². The van der Waals surface area contributed by atoms with Crippen LogP contribution in [0.25, 0.3) is 5.69 Å². The Bertz CT molecular complexity index is 923. The van der Waals surface area contributed by atoms with Gasteiger partial charge in [-0.3, -0.25) is 0 Å². The fraction of sp³-hybridized carbons (Fsp3) is 0.222. The molecule has 4 rings (SSSR count). The van der Waals surface area contributed by atoms with Gasteiger partial charge in [0.2, 0.25) is 0 Å². The average Bonchev–Trinajstić information content (AvgIpc) is 3.32. The number of aromatic nitrogens is 4. The highest BCUT2D eigenvalue weighted by Gasteiger charge is 2.19. The number of rotatable bonds is 4. The molecule has 8 nitrogen and oxygen atoms in total. The van der Waals surface area contributed by atoms with Crippen molar-refractivity contribution < 1.29 is 0 Å². The van der Waals surface area contributed by atoms with Crippen molar-refractivity contribution in [3.8, 4) is 11.8 Å². The number of nitrogens with one attached hydrogen (secondary N) is 1. The van der Waals surface area contributed by atoms with E-state index >= 15 is 0 Å². The standard InChI is InChI=1S/C18H18N8/c19-7-14-8-22-17(9-21-14)24-18-11-26(12-23-18)16-3-1-15(2-4-16)25-6-5-13(20)10-25/h1-4,8-9,11-13H,5-6,10,20H2,(H,22,24)/t13-/m1/s1. The van der Waals surface area contributed by atoms with Crippen LogP contribution in [0.5, 0.6) is 0 Å². The third-order valence-corrected chi connectivity index (χ3v) is 4.34. The van der Waals surface area contributed by atoms with Crippen LogP contribution >= 0.6 is 0 Å². The highest BCUT2D eigenvalue weighted by molar-refractivity contribution is 5.54. The molecule has 1 aliphatic heterocycles. The highest BCUT2D eigenvalue weighted by atomic mass is 15.2. The van der Waals surface area contributed by atoms with Crippen LogP contribution in [0.15, 0.2) is 49.2 Å². The van der Waals surface area contributed by atoms with E-state index in [9.17, 15) is 0 Å². The maximum atomic E-state index is 8.75. The fourth-order valence-corrected chi connectivity index (χ4v) is 2.97. The molecule has 0 saturated carbocycles. The number of hydrogen-bond donors (Lipinski definition) is 2. The molecular formula is C18H18N8. The van der Waals surface area contributed by atoms with Gasteiger partial charge < -0.3 is 20.5 Å². The van der Waals surface area contributed by atoms with Crippen molar-refractivity contribution in [3.05, 3.63) is 54.9 Å². The summed E-state index contributed by atoms with van der Waals surface area (Å²) < 4.78 is 1.93. The molecule has 0 amide bonds. The van der Waals surface area contributed by atoms with Gasteiger partial charge in [-0.1, -0.05) is 0 Å². The van der Waals surface area contributed by atoms with E-state index in [-0.39, 0.29) is 11.7 Å². The first-order chi connectivity index (χ1) is 12.7. The lowest BCUT2D eigenvalue weighted by Crippen LogP contribution is -2.26. The molecule has 1 atom stereocenters. The van der Waals surface area contributed by atoms with Gasteiger partial charge in [0.05, 0.1) is 18.6 Å². The van der Waals surface area contributed by atoms with Gasteiger partial charge in [-0.2, -0.15) is 5.26 Å². The topological polar surface area (TPSA) is 109 Å². The largest absolute Gasteiger partial charge is 0.370 e. The summed E-state index contributed by atoms with van der Waals surface area (Å²) in [7, 11) is 0. The van der Waals surface area contributed by atoms with Crippen LogP contribution in [0.4, 0.5) is 17.3 Å². The highest BCUT2D eigenvalue weighted by Crippen LogP contribution is 2.22. The molecular weight excluding hydrogens is 328 g/mol. The van der Waals surface area contributed by atoms with Crippen molar-refractivity contribution >= 4 is 17.3 Å². The normalized spacial score (nSPS) is 16.5. The van der Waals surface area contributed by atoms with Gasteiger partial charge in [-0.05, 0) is 30.7 Å². The van der Waals surface area contributed by atoms with Gasteiger partial charge in [0.15, 0.2) is 5.69 Å². The summed E-state index contributed by atoms with van der Waals surface area (Å²) in [6.45, 7) is 1.91. The summed E-state index contributed by atoms with van der Waals surface area (Å²) in [6, 6.07) is 10.5. The van der Waals surface area contributed by atoms with Crippen molar-refractivity contribution in [2.75, 3.05) is 23.3 Å². The molecule has 1 aromatic carbocycles. The van der Waals surface area contributed by atoms with Gasteiger partial charge in [0, 0.05) is 30.5 Å². The van der Waals surface area contributed by atoms with Crippen LogP contribution in [0, 0.1) is 11.3 Å². The van der Waals surface area contributed by atoms with E-state index < -0.39 is 0 Å². The summed E-state index contributed by atoms with van der Waals surface area (Å²) in [5.41, 5.74) is 8.46. The monoisotopic (exact) mass is 346 g/mol. The Hall–Kier alpha value is -3.44. The molecule has 0 aliphatic carbocycles. The van der Waals surface area contributed by atoms with Crippen LogP contribution in [0.3, 0.4) is 0 Å². The minimum atomic E-state index is 0.266. The molecule has 3 aromatic rings. The molecule has 3 N–H and O–H groups in total. The molecule has 0 spiro atoms. The third-order valence-electron chi connectivity index (χ3n) is 4.34. The molecule has 1 fully saturated rings. The molecule has 0 bridgehead atoms. The lowest BCUT2D eigenvalue weighted by atomic mass is 10.2. The Morgan fingerprint density at radius 2 is 1.88 bits per heavy atom. The zero-order valence-corrected chi connectivity index (χ0v) is 14.1. The van der Waals surface area contributed by atoms with E-state index in [1.165, 1.54) is 18.1 Å². The Balaban J connectivity index is 1.46. The smallest absolute Gasteiger partial charge is 0.158 e. The van der Waals surface area contributed by atoms with Crippen LogP contribution in [-0.4, -0.2) is 38.7 Å². The van der Waals surface area contributed by atoms with E-state index in [0.717, 1.165) is 25.2 Å². The Labute approximate surface area is 150 Å². The first-order valence-corrected chi connectivity index (χ1v) is 8.35. The van der Waals surface area contributed by atoms with Gasteiger partial charge in [-0.15, -0.1) is 0 Å². The summed E-state index contributed by atoms with van der Waals surface area (Å²) in [6.07, 6.45) is 7.58. The number of nitrogens with two attached hydrogens (primary N) is 1. The lowest BCUT2D eigenvalue weighted by Gasteiger charge is -2.18. The molecule has 8 heteroatoms. The van der Waals surface area contributed by atoms with Crippen LogP contribution in [-0.2, 0) is 0 Å². The average molecular weight is 346 g/mol. The summed E-state index contributed by atoms with van der Waals surface area (Å²) >= 11 is 0. The first-order valence-electron chi connectivity index (χ1n) is 8.35. The SMILES string of the molecule is N#Cc1cnc(Nc2cn(-c3ccc(N4CC[C@@H](N)C4)cc3)cn2)cn1. The second kappa shape index (κ2) is 6.82. The zero-order chi connectivity index (χ0) is 17.9. The maximum Gasteiger partial charge on any atom is 0.158 e. The number of hydrogen-bond acceptors (Lipinski definition) is 7. The molecule has 1 saturated heterocycles. The molecule has 2 aromatic heterocycles. The van der Waals surface area contributed by atoms with E-state index in [4.69, 9.17) is 11.0 Å². The van der Waals surface area contributed by atoms with E-state index in [1.54, 1.807) is 6.33 Å².